The molecule has 4 heteroatoms. The van der Waals surface area contributed by atoms with E-state index >= 15 is 0 Å². The quantitative estimate of drug-likeness (QED) is 0.589. The monoisotopic (exact) mass is 289 g/mol. The van der Waals surface area contributed by atoms with Gasteiger partial charge in [0.05, 0.1) is 6.61 Å². The first-order valence-corrected chi connectivity index (χ1v) is 6.44. The SMILES string of the molecule is CCOCCN(C)c1ccc(F)cc1CBr. The summed E-state index contributed by atoms with van der Waals surface area (Å²) in [5, 5.41) is 0.652. The van der Waals surface area contributed by atoms with E-state index in [2.05, 4.69) is 20.8 Å². The van der Waals surface area contributed by atoms with E-state index in [9.17, 15) is 4.39 Å². The molecule has 90 valence electrons. The molecule has 0 saturated heterocycles. The Morgan fingerprint density at radius 1 is 1.44 bits per heavy atom. The zero-order valence-electron chi connectivity index (χ0n) is 9.67. The summed E-state index contributed by atoms with van der Waals surface area (Å²) in [5.74, 6) is -0.198. The van der Waals surface area contributed by atoms with Crippen molar-refractivity contribution in [3.63, 3.8) is 0 Å². The number of halogens is 2. The predicted molar refractivity (Wildman–Crippen MR) is 68.8 cm³/mol. The van der Waals surface area contributed by atoms with E-state index < -0.39 is 0 Å². The molecule has 0 saturated carbocycles. The summed E-state index contributed by atoms with van der Waals surface area (Å²) < 4.78 is 18.3. The van der Waals surface area contributed by atoms with Crippen molar-refractivity contribution in [3.8, 4) is 0 Å². The van der Waals surface area contributed by atoms with Gasteiger partial charge in [-0.2, -0.15) is 0 Å². The van der Waals surface area contributed by atoms with Crippen molar-refractivity contribution in [1.82, 2.24) is 0 Å². The van der Waals surface area contributed by atoms with Gasteiger partial charge in [0.2, 0.25) is 0 Å². The van der Waals surface area contributed by atoms with E-state index in [1.165, 1.54) is 6.07 Å². The smallest absolute Gasteiger partial charge is 0.123 e. The van der Waals surface area contributed by atoms with Crippen molar-refractivity contribution in [2.45, 2.75) is 12.3 Å². The number of likely N-dealkylation sites (N-methyl/N-ethyl adjacent to an activating group) is 1. The molecular formula is C12H17BrFNO. The first-order chi connectivity index (χ1) is 7.69. The van der Waals surface area contributed by atoms with Crippen molar-refractivity contribution in [1.29, 1.82) is 0 Å². The fourth-order valence-electron chi connectivity index (χ4n) is 1.50. The average Bonchev–Trinajstić information content (AvgIpc) is 2.29. The number of nitrogens with zero attached hydrogens (tertiary/aromatic N) is 1. The van der Waals surface area contributed by atoms with Gasteiger partial charge in [-0.15, -0.1) is 0 Å². The molecular weight excluding hydrogens is 273 g/mol. The van der Waals surface area contributed by atoms with E-state index in [1.54, 1.807) is 12.1 Å². The lowest BCUT2D eigenvalue weighted by Gasteiger charge is -2.21. The summed E-state index contributed by atoms with van der Waals surface area (Å²) in [6, 6.07) is 4.85. The van der Waals surface area contributed by atoms with Gasteiger partial charge in [0, 0.05) is 31.2 Å². The van der Waals surface area contributed by atoms with Crippen molar-refractivity contribution in [3.05, 3.63) is 29.6 Å². The number of hydrogen-bond acceptors (Lipinski definition) is 2. The lowest BCUT2D eigenvalue weighted by molar-refractivity contribution is 0.154. The first-order valence-electron chi connectivity index (χ1n) is 5.32. The van der Waals surface area contributed by atoms with Crippen LogP contribution in [0.1, 0.15) is 12.5 Å². The van der Waals surface area contributed by atoms with Crippen LogP contribution in [0.3, 0.4) is 0 Å². The molecule has 0 heterocycles. The van der Waals surface area contributed by atoms with Crippen LogP contribution in [0, 0.1) is 5.82 Å². The fraction of sp³-hybridized carbons (Fsp3) is 0.500. The van der Waals surface area contributed by atoms with Crippen LogP contribution in [0.25, 0.3) is 0 Å². The zero-order valence-corrected chi connectivity index (χ0v) is 11.3. The van der Waals surface area contributed by atoms with E-state index in [1.807, 2.05) is 14.0 Å². The van der Waals surface area contributed by atoms with Crippen LogP contribution in [-0.2, 0) is 10.1 Å². The molecule has 0 aliphatic heterocycles. The number of anilines is 1. The van der Waals surface area contributed by atoms with Crippen LogP contribution < -0.4 is 4.90 Å². The molecule has 0 atom stereocenters. The van der Waals surface area contributed by atoms with Crippen LogP contribution in [0.5, 0.6) is 0 Å². The zero-order chi connectivity index (χ0) is 12.0. The minimum absolute atomic E-state index is 0.198. The largest absolute Gasteiger partial charge is 0.380 e. The summed E-state index contributed by atoms with van der Waals surface area (Å²) in [4.78, 5) is 2.08. The Kier molecular flexibility index (Phi) is 5.77. The van der Waals surface area contributed by atoms with Gasteiger partial charge < -0.3 is 9.64 Å². The summed E-state index contributed by atoms with van der Waals surface area (Å²) in [6.07, 6.45) is 0. The number of alkyl halides is 1. The third-order valence-corrected chi connectivity index (χ3v) is 2.98. The highest BCUT2D eigenvalue weighted by Gasteiger charge is 2.07. The number of rotatable bonds is 6. The fourth-order valence-corrected chi connectivity index (χ4v) is 1.95. The topological polar surface area (TPSA) is 12.5 Å². The lowest BCUT2D eigenvalue weighted by atomic mass is 10.2. The van der Waals surface area contributed by atoms with Crippen molar-refractivity contribution in [2.75, 3.05) is 31.7 Å². The Labute approximate surface area is 105 Å². The normalized spacial score (nSPS) is 10.5. The molecule has 1 rings (SSSR count). The molecule has 0 aliphatic carbocycles. The van der Waals surface area contributed by atoms with Gasteiger partial charge >= 0.3 is 0 Å². The molecule has 0 fully saturated rings. The predicted octanol–water partition coefficient (Wildman–Crippen LogP) is 3.19. The summed E-state index contributed by atoms with van der Waals surface area (Å²) in [7, 11) is 1.98. The number of hydrogen-bond donors (Lipinski definition) is 0. The second kappa shape index (κ2) is 6.86. The molecule has 0 aromatic heterocycles. The van der Waals surface area contributed by atoms with Gasteiger partial charge in [0.25, 0.3) is 0 Å². The highest BCUT2D eigenvalue weighted by molar-refractivity contribution is 9.08. The highest BCUT2D eigenvalue weighted by Crippen LogP contribution is 2.22. The third kappa shape index (κ3) is 3.76. The van der Waals surface area contributed by atoms with Gasteiger partial charge in [-0.25, -0.2) is 4.39 Å². The molecule has 0 amide bonds. The molecule has 0 N–H and O–H groups in total. The Hall–Kier alpha value is -0.610. The third-order valence-electron chi connectivity index (χ3n) is 2.37. The molecule has 1 aromatic carbocycles. The van der Waals surface area contributed by atoms with Crippen LogP contribution in [0.4, 0.5) is 10.1 Å². The van der Waals surface area contributed by atoms with Gasteiger partial charge in [-0.1, -0.05) is 15.9 Å². The maximum absolute atomic E-state index is 13.0. The second-order valence-electron chi connectivity index (χ2n) is 3.53. The maximum atomic E-state index is 13.0. The van der Waals surface area contributed by atoms with Gasteiger partial charge in [-0.05, 0) is 30.7 Å². The summed E-state index contributed by atoms with van der Waals surface area (Å²) in [5.41, 5.74) is 2.00. The Bertz CT molecular complexity index is 333. The maximum Gasteiger partial charge on any atom is 0.123 e. The van der Waals surface area contributed by atoms with Gasteiger partial charge in [0.15, 0.2) is 0 Å². The molecule has 1 aromatic rings. The molecule has 0 radical (unpaired) electrons. The first kappa shape index (κ1) is 13.5. The van der Waals surface area contributed by atoms with Crippen LogP contribution in [0.15, 0.2) is 18.2 Å². The molecule has 0 bridgehead atoms. The van der Waals surface area contributed by atoms with E-state index in [4.69, 9.17) is 4.74 Å². The minimum atomic E-state index is -0.198. The van der Waals surface area contributed by atoms with Crippen LogP contribution >= 0.6 is 15.9 Å². The Morgan fingerprint density at radius 3 is 2.81 bits per heavy atom. The average molecular weight is 290 g/mol. The van der Waals surface area contributed by atoms with Crippen LogP contribution in [-0.4, -0.2) is 26.8 Å². The molecule has 0 spiro atoms. The van der Waals surface area contributed by atoms with Crippen LogP contribution in [0.2, 0.25) is 0 Å². The molecule has 2 nitrogen and oxygen atoms in total. The Balaban J connectivity index is 2.70. The highest BCUT2D eigenvalue weighted by atomic mass is 79.9. The lowest BCUT2D eigenvalue weighted by Crippen LogP contribution is -2.23. The number of ether oxygens (including phenoxy) is 1. The molecule has 16 heavy (non-hydrogen) atoms. The van der Waals surface area contributed by atoms with Crippen molar-refractivity contribution < 1.29 is 9.13 Å². The Morgan fingerprint density at radius 2 is 2.19 bits per heavy atom. The van der Waals surface area contributed by atoms with Gasteiger partial charge in [0.1, 0.15) is 5.82 Å². The summed E-state index contributed by atoms with van der Waals surface area (Å²) >= 11 is 3.37. The van der Waals surface area contributed by atoms with Gasteiger partial charge in [-0.3, -0.25) is 0 Å². The molecule has 0 aliphatic rings. The number of benzene rings is 1. The van der Waals surface area contributed by atoms with E-state index in [0.717, 1.165) is 24.4 Å². The summed E-state index contributed by atoms with van der Waals surface area (Å²) in [6.45, 7) is 4.19. The van der Waals surface area contributed by atoms with Crippen molar-refractivity contribution in [2.24, 2.45) is 0 Å². The molecule has 0 unspecified atom stereocenters. The van der Waals surface area contributed by atoms with Crippen molar-refractivity contribution >= 4 is 21.6 Å². The van der Waals surface area contributed by atoms with E-state index in [-0.39, 0.29) is 5.82 Å². The minimum Gasteiger partial charge on any atom is -0.380 e. The second-order valence-corrected chi connectivity index (χ2v) is 4.09. The standard InChI is InChI=1S/C12H17BrFNO/c1-3-16-7-6-15(2)12-5-4-11(14)8-10(12)9-13/h4-5,8H,3,6-7,9H2,1-2H3. The van der Waals surface area contributed by atoms with E-state index in [0.29, 0.717) is 11.9 Å².